The predicted molar refractivity (Wildman–Crippen MR) is 137 cm³/mol. The predicted octanol–water partition coefficient (Wildman–Crippen LogP) is 3.41. The molecule has 0 spiro atoms. The second-order valence-corrected chi connectivity index (χ2v) is 8.35. The molecule has 0 amide bonds. The van der Waals surface area contributed by atoms with Crippen molar-refractivity contribution in [3.8, 4) is 0 Å². The molecule has 0 aromatic carbocycles. The zero-order valence-electron chi connectivity index (χ0n) is 19.7. The van der Waals surface area contributed by atoms with Crippen LogP contribution in [0.4, 0.5) is 0 Å². The van der Waals surface area contributed by atoms with Crippen molar-refractivity contribution in [3.63, 3.8) is 0 Å². The van der Waals surface area contributed by atoms with E-state index in [-0.39, 0.29) is 37.3 Å². The first-order valence-corrected chi connectivity index (χ1v) is 12.3. The number of nitrogens with two attached hydrogens (primary N) is 1. The van der Waals surface area contributed by atoms with E-state index < -0.39 is 30.0 Å². The molecule has 3 atom stereocenters. The number of carboxylic acids is 2. The van der Waals surface area contributed by atoms with Crippen LogP contribution in [-0.2, 0) is 14.4 Å². The summed E-state index contributed by atoms with van der Waals surface area (Å²) >= 11 is 1.02. The molecule has 0 saturated carbocycles. The number of carbonyl (C=O) groups excluding carboxylic acids is 1. The lowest BCUT2D eigenvalue weighted by atomic mass is 9.93. The molecule has 9 heteroatoms. The molecule has 0 radical (unpaired) electrons. The van der Waals surface area contributed by atoms with E-state index in [9.17, 15) is 19.5 Å². The molecule has 8 nitrogen and oxygen atoms in total. The van der Waals surface area contributed by atoms with Crippen LogP contribution in [0.1, 0.15) is 45.4 Å². The highest BCUT2D eigenvalue weighted by Gasteiger charge is 2.24. The van der Waals surface area contributed by atoms with E-state index in [1.807, 2.05) is 18.2 Å². The molecule has 6 N–H and O–H groups in total. The fourth-order valence-corrected chi connectivity index (χ4v) is 3.32. The molecule has 0 aromatic rings. The van der Waals surface area contributed by atoms with Gasteiger partial charge in [-0.15, -0.1) is 0 Å². The Morgan fingerprint density at radius 2 is 1.62 bits per heavy atom. The SMILES string of the molecule is CC/C=C\C/C=C\C\C=C/C=C/C=C/[C@@H](C(=O)CNSC[C@@H](N)C(=O)O)[C@@H](O)CCCC(=O)O. The van der Waals surface area contributed by atoms with Crippen molar-refractivity contribution in [2.75, 3.05) is 12.3 Å². The highest BCUT2D eigenvalue weighted by Crippen LogP contribution is 2.15. The van der Waals surface area contributed by atoms with E-state index in [2.05, 4.69) is 35.9 Å². The maximum absolute atomic E-state index is 12.6. The Morgan fingerprint density at radius 3 is 2.26 bits per heavy atom. The van der Waals surface area contributed by atoms with Crippen LogP contribution in [0.3, 0.4) is 0 Å². The van der Waals surface area contributed by atoms with Gasteiger partial charge in [0.2, 0.25) is 0 Å². The maximum atomic E-state index is 12.6. The third-order valence-electron chi connectivity index (χ3n) is 4.51. The Morgan fingerprint density at radius 1 is 0.971 bits per heavy atom. The molecule has 34 heavy (non-hydrogen) atoms. The molecular formula is C25H38N2O6S. The number of allylic oxidation sites excluding steroid dienone is 9. The molecule has 0 bridgehead atoms. The van der Waals surface area contributed by atoms with Crippen LogP contribution in [0.5, 0.6) is 0 Å². The standard InChI is InChI=1S/C25H38N2O6S/c1-2-3-4-5-6-7-8-9-10-11-12-13-15-20(22(28)16-14-17-24(30)31)23(29)18-27-34-19-21(26)25(32)33/h3-4,6-7,9-13,15,20-22,27-28H,2,5,8,14,16-19,26H2,1H3,(H,30,31)(H,32,33)/b4-3-,7-6-,10-9-,12-11+,15-13+/t20-,21-,22+/m1/s1. The van der Waals surface area contributed by atoms with E-state index in [0.29, 0.717) is 0 Å². The number of hydrogen-bond acceptors (Lipinski definition) is 7. The van der Waals surface area contributed by atoms with Crippen LogP contribution < -0.4 is 10.5 Å². The van der Waals surface area contributed by atoms with Gasteiger partial charge in [-0.05, 0) is 32.1 Å². The summed E-state index contributed by atoms with van der Waals surface area (Å²) in [7, 11) is 0. The quantitative estimate of drug-likeness (QED) is 0.0742. The Kier molecular flexibility index (Phi) is 19.6. The van der Waals surface area contributed by atoms with Crippen LogP contribution in [0.15, 0.2) is 60.8 Å². The Balaban J connectivity index is 4.74. The van der Waals surface area contributed by atoms with Crippen molar-refractivity contribution in [2.24, 2.45) is 11.7 Å². The third kappa shape index (κ3) is 18.0. The lowest BCUT2D eigenvalue weighted by Gasteiger charge is -2.19. The zero-order chi connectivity index (χ0) is 25.6. The van der Waals surface area contributed by atoms with Crippen LogP contribution in [-0.4, -0.2) is 57.5 Å². The van der Waals surface area contributed by atoms with E-state index in [1.54, 1.807) is 18.2 Å². The molecule has 0 unspecified atom stereocenters. The first kappa shape index (κ1) is 31.5. The third-order valence-corrected chi connectivity index (χ3v) is 5.38. The van der Waals surface area contributed by atoms with Crippen molar-refractivity contribution in [1.82, 2.24) is 4.72 Å². The minimum absolute atomic E-state index is 0.0864. The van der Waals surface area contributed by atoms with Gasteiger partial charge in [-0.1, -0.05) is 79.6 Å². The summed E-state index contributed by atoms with van der Waals surface area (Å²) in [6, 6.07) is -1.04. The molecule has 0 aliphatic carbocycles. The second-order valence-electron chi connectivity index (χ2n) is 7.44. The van der Waals surface area contributed by atoms with Gasteiger partial charge in [-0.2, -0.15) is 0 Å². The molecule has 0 fully saturated rings. The van der Waals surface area contributed by atoms with Gasteiger partial charge in [0.05, 0.1) is 18.6 Å². The number of aliphatic hydroxyl groups is 1. The largest absolute Gasteiger partial charge is 0.481 e. The summed E-state index contributed by atoms with van der Waals surface area (Å²) in [5.74, 6) is -3.11. The second kappa shape index (κ2) is 21.1. The van der Waals surface area contributed by atoms with Gasteiger partial charge >= 0.3 is 11.9 Å². The molecule has 0 heterocycles. The highest BCUT2D eigenvalue weighted by molar-refractivity contribution is 7.97. The molecule has 0 aliphatic rings. The first-order valence-electron chi connectivity index (χ1n) is 11.3. The fraction of sp³-hybridized carbons (Fsp3) is 0.480. The van der Waals surface area contributed by atoms with E-state index in [4.69, 9.17) is 15.9 Å². The summed E-state index contributed by atoms with van der Waals surface area (Å²) < 4.78 is 2.77. The van der Waals surface area contributed by atoms with Crippen LogP contribution >= 0.6 is 11.9 Å². The van der Waals surface area contributed by atoms with Gasteiger partial charge in [0.1, 0.15) is 6.04 Å². The van der Waals surface area contributed by atoms with Gasteiger partial charge in [0, 0.05) is 12.2 Å². The van der Waals surface area contributed by atoms with Crippen molar-refractivity contribution in [1.29, 1.82) is 0 Å². The normalized spacial score (nSPS) is 15.1. The van der Waals surface area contributed by atoms with Gasteiger partial charge in [0.15, 0.2) is 5.78 Å². The van der Waals surface area contributed by atoms with Gasteiger partial charge < -0.3 is 21.1 Å². The number of ketones is 1. The Hall–Kier alpha value is -2.46. The first-order chi connectivity index (χ1) is 16.3. The molecule has 190 valence electrons. The summed E-state index contributed by atoms with van der Waals surface area (Å²) in [5, 5.41) is 28.0. The lowest BCUT2D eigenvalue weighted by Crippen LogP contribution is -2.35. The van der Waals surface area contributed by atoms with Gasteiger partial charge in [-0.3, -0.25) is 19.1 Å². The number of Topliss-reactive ketones (excluding diaryl/α,β-unsaturated/α-hetero) is 1. The molecule has 0 aliphatic heterocycles. The number of nitrogens with one attached hydrogen (secondary N) is 1. The lowest BCUT2D eigenvalue weighted by molar-refractivity contribution is -0.138. The number of carboxylic acid groups (broad SMARTS) is 2. The zero-order valence-corrected chi connectivity index (χ0v) is 20.5. The van der Waals surface area contributed by atoms with E-state index in [1.165, 1.54) is 0 Å². The van der Waals surface area contributed by atoms with Crippen LogP contribution in [0, 0.1) is 5.92 Å². The van der Waals surface area contributed by atoms with Crippen molar-refractivity contribution in [3.05, 3.63) is 60.8 Å². The van der Waals surface area contributed by atoms with Crippen molar-refractivity contribution in [2.45, 2.75) is 57.6 Å². The Bertz CT molecular complexity index is 746. The van der Waals surface area contributed by atoms with Crippen LogP contribution in [0.25, 0.3) is 0 Å². The van der Waals surface area contributed by atoms with E-state index >= 15 is 0 Å². The summed E-state index contributed by atoms with van der Waals surface area (Å²) in [5.41, 5.74) is 5.41. The summed E-state index contributed by atoms with van der Waals surface area (Å²) in [6.45, 7) is 2.00. The number of aliphatic carboxylic acids is 2. The molecule has 0 saturated heterocycles. The smallest absolute Gasteiger partial charge is 0.321 e. The highest BCUT2D eigenvalue weighted by atomic mass is 32.2. The number of aliphatic hydroxyl groups excluding tert-OH is 1. The summed E-state index contributed by atoms with van der Waals surface area (Å²) in [4.78, 5) is 34.0. The average molecular weight is 495 g/mol. The van der Waals surface area contributed by atoms with E-state index in [0.717, 1.165) is 31.2 Å². The maximum Gasteiger partial charge on any atom is 0.321 e. The van der Waals surface area contributed by atoms with Crippen LogP contribution in [0.2, 0.25) is 0 Å². The number of hydrogen-bond donors (Lipinski definition) is 5. The number of rotatable bonds is 20. The van der Waals surface area contributed by atoms with Gasteiger partial charge in [-0.25, -0.2) is 0 Å². The summed E-state index contributed by atoms with van der Waals surface area (Å²) in [6.07, 6.45) is 21.2. The molecule has 0 aromatic heterocycles. The number of carbonyl (C=O) groups is 3. The topological polar surface area (TPSA) is 150 Å². The fourth-order valence-electron chi connectivity index (χ4n) is 2.63. The Labute approximate surface area is 206 Å². The van der Waals surface area contributed by atoms with Crippen molar-refractivity contribution < 1.29 is 29.7 Å². The molecular weight excluding hydrogens is 456 g/mol. The average Bonchev–Trinajstić information content (AvgIpc) is 2.79. The minimum atomic E-state index is -1.13. The molecule has 0 rings (SSSR count). The van der Waals surface area contributed by atoms with Crippen molar-refractivity contribution >= 4 is 29.7 Å². The minimum Gasteiger partial charge on any atom is -0.481 e. The van der Waals surface area contributed by atoms with Gasteiger partial charge in [0.25, 0.3) is 0 Å². The monoisotopic (exact) mass is 494 g/mol.